The quantitative estimate of drug-likeness (QED) is 0.805. The van der Waals surface area contributed by atoms with Crippen molar-refractivity contribution in [3.8, 4) is 11.4 Å². The largest absolute Gasteiger partial charge is 0.497 e. The summed E-state index contributed by atoms with van der Waals surface area (Å²) in [6.07, 6.45) is 2.26. The molecule has 0 saturated heterocycles. The van der Waals surface area contributed by atoms with E-state index in [1.54, 1.807) is 11.8 Å². The van der Waals surface area contributed by atoms with Gasteiger partial charge in [-0.1, -0.05) is 30.3 Å². The number of carbonyl (C=O) groups is 1. The van der Waals surface area contributed by atoms with Gasteiger partial charge in [0.15, 0.2) is 0 Å². The topological polar surface area (TPSA) is 56.1 Å². The highest BCUT2D eigenvalue weighted by molar-refractivity contribution is 5.94. The highest BCUT2D eigenvalue weighted by Gasteiger charge is 2.30. The van der Waals surface area contributed by atoms with Crippen molar-refractivity contribution in [2.75, 3.05) is 12.4 Å². The summed E-state index contributed by atoms with van der Waals surface area (Å²) in [5, 5.41) is 7.46. The van der Waals surface area contributed by atoms with Crippen LogP contribution in [0.1, 0.15) is 23.5 Å². The predicted molar refractivity (Wildman–Crippen MR) is 91.6 cm³/mol. The molecule has 1 atom stereocenters. The number of nitrogens with zero attached hydrogens (tertiary/aromatic N) is 2. The third-order valence-electron chi connectivity index (χ3n) is 4.34. The summed E-state index contributed by atoms with van der Waals surface area (Å²) < 4.78 is 6.99. The Morgan fingerprint density at radius 1 is 1.12 bits per heavy atom. The Bertz CT molecular complexity index is 869. The van der Waals surface area contributed by atoms with Crippen molar-refractivity contribution in [3.05, 3.63) is 71.9 Å². The van der Waals surface area contributed by atoms with Gasteiger partial charge in [-0.25, -0.2) is 4.68 Å². The van der Waals surface area contributed by atoms with E-state index < -0.39 is 0 Å². The van der Waals surface area contributed by atoms with Crippen LogP contribution in [0.25, 0.3) is 5.69 Å². The predicted octanol–water partition coefficient (Wildman–Crippen LogP) is 3.36. The highest BCUT2D eigenvalue weighted by atomic mass is 16.5. The second-order valence-corrected chi connectivity index (χ2v) is 5.77. The number of amides is 1. The van der Waals surface area contributed by atoms with Gasteiger partial charge in [0, 0.05) is 17.9 Å². The van der Waals surface area contributed by atoms with Gasteiger partial charge in [-0.05, 0) is 29.8 Å². The van der Waals surface area contributed by atoms with Crippen LogP contribution in [0, 0.1) is 0 Å². The number of rotatable bonds is 3. The molecular formula is C19H17N3O2. The molecule has 0 saturated carbocycles. The molecule has 2 aromatic carbocycles. The van der Waals surface area contributed by atoms with Gasteiger partial charge in [-0.2, -0.15) is 5.10 Å². The summed E-state index contributed by atoms with van der Waals surface area (Å²) in [6, 6.07) is 17.7. The molecule has 4 rings (SSSR count). The minimum atomic E-state index is -0.00267. The fraction of sp³-hybridized carbons (Fsp3) is 0.158. The second-order valence-electron chi connectivity index (χ2n) is 5.77. The number of hydrogen-bond acceptors (Lipinski definition) is 3. The summed E-state index contributed by atoms with van der Waals surface area (Å²) in [4.78, 5) is 12.2. The molecule has 0 radical (unpaired) electrons. The van der Waals surface area contributed by atoms with Crippen LogP contribution in [0.15, 0.2) is 60.8 Å². The van der Waals surface area contributed by atoms with Crippen LogP contribution in [-0.2, 0) is 4.79 Å². The van der Waals surface area contributed by atoms with Crippen LogP contribution in [0.2, 0.25) is 0 Å². The number of hydrogen-bond donors (Lipinski definition) is 1. The molecule has 1 aromatic heterocycles. The van der Waals surface area contributed by atoms with E-state index in [4.69, 9.17) is 4.74 Å². The van der Waals surface area contributed by atoms with E-state index in [1.165, 1.54) is 0 Å². The summed E-state index contributed by atoms with van der Waals surface area (Å²) in [5.74, 6) is 1.55. The number of anilines is 1. The summed E-state index contributed by atoms with van der Waals surface area (Å²) in [7, 11) is 1.64. The SMILES string of the molecule is COc1ccc([C@@H]2CC(=O)Nc3c2cnn3-c2ccccc2)cc1. The third kappa shape index (κ3) is 2.44. The first-order valence-electron chi connectivity index (χ1n) is 7.83. The van der Waals surface area contributed by atoms with Crippen molar-refractivity contribution in [2.45, 2.75) is 12.3 Å². The molecule has 1 N–H and O–H groups in total. The van der Waals surface area contributed by atoms with Crippen LogP contribution in [0.5, 0.6) is 5.75 Å². The van der Waals surface area contributed by atoms with Crippen molar-refractivity contribution >= 4 is 11.7 Å². The van der Waals surface area contributed by atoms with E-state index in [2.05, 4.69) is 10.4 Å². The lowest BCUT2D eigenvalue weighted by atomic mass is 9.87. The molecule has 0 aliphatic carbocycles. The maximum absolute atomic E-state index is 12.2. The molecule has 5 nitrogen and oxygen atoms in total. The van der Waals surface area contributed by atoms with Crippen LogP contribution >= 0.6 is 0 Å². The first kappa shape index (κ1) is 14.5. The van der Waals surface area contributed by atoms with E-state index in [0.29, 0.717) is 6.42 Å². The number of benzene rings is 2. The number of carbonyl (C=O) groups excluding carboxylic acids is 1. The number of methoxy groups -OCH3 is 1. The van der Waals surface area contributed by atoms with E-state index in [1.807, 2.05) is 60.8 Å². The fourth-order valence-corrected chi connectivity index (χ4v) is 3.12. The van der Waals surface area contributed by atoms with Crippen molar-refractivity contribution in [3.63, 3.8) is 0 Å². The minimum absolute atomic E-state index is 0.000925. The van der Waals surface area contributed by atoms with Gasteiger partial charge in [-0.15, -0.1) is 0 Å². The maximum Gasteiger partial charge on any atom is 0.226 e. The zero-order chi connectivity index (χ0) is 16.5. The van der Waals surface area contributed by atoms with E-state index in [0.717, 1.165) is 28.4 Å². The van der Waals surface area contributed by atoms with Gasteiger partial charge in [0.2, 0.25) is 5.91 Å². The van der Waals surface area contributed by atoms with Gasteiger partial charge in [-0.3, -0.25) is 4.79 Å². The maximum atomic E-state index is 12.2. The Balaban J connectivity index is 1.78. The zero-order valence-electron chi connectivity index (χ0n) is 13.3. The number of aromatic nitrogens is 2. The molecule has 1 amide bonds. The Kier molecular flexibility index (Phi) is 3.54. The molecule has 24 heavy (non-hydrogen) atoms. The van der Waals surface area contributed by atoms with Crippen LogP contribution < -0.4 is 10.1 Å². The minimum Gasteiger partial charge on any atom is -0.497 e. The molecule has 1 aliphatic rings. The first-order valence-corrected chi connectivity index (χ1v) is 7.83. The normalized spacial score (nSPS) is 16.4. The smallest absolute Gasteiger partial charge is 0.226 e. The second kappa shape index (κ2) is 5.85. The molecular weight excluding hydrogens is 302 g/mol. The monoisotopic (exact) mass is 319 g/mol. The van der Waals surface area contributed by atoms with Gasteiger partial charge >= 0.3 is 0 Å². The molecule has 0 spiro atoms. The van der Waals surface area contributed by atoms with Gasteiger partial charge in [0.05, 0.1) is 19.0 Å². The summed E-state index contributed by atoms with van der Waals surface area (Å²) in [6.45, 7) is 0. The Morgan fingerprint density at radius 3 is 2.58 bits per heavy atom. The lowest BCUT2D eigenvalue weighted by Crippen LogP contribution is -2.24. The number of nitrogens with one attached hydrogen (secondary N) is 1. The molecule has 3 aromatic rings. The van der Waals surface area contributed by atoms with Gasteiger partial charge < -0.3 is 10.1 Å². The average molecular weight is 319 g/mol. The molecule has 0 fully saturated rings. The summed E-state index contributed by atoms with van der Waals surface area (Å²) in [5.41, 5.74) is 3.04. The number of ether oxygens (including phenoxy) is 1. The highest BCUT2D eigenvalue weighted by Crippen LogP contribution is 2.38. The Hall–Kier alpha value is -3.08. The van der Waals surface area contributed by atoms with Gasteiger partial charge in [0.1, 0.15) is 11.6 Å². The van der Waals surface area contributed by atoms with E-state index >= 15 is 0 Å². The first-order chi connectivity index (χ1) is 11.8. The molecule has 5 heteroatoms. The average Bonchev–Trinajstić information content (AvgIpc) is 3.05. The lowest BCUT2D eigenvalue weighted by Gasteiger charge is -2.24. The van der Waals surface area contributed by atoms with Crippen molar-refractivity contribution in [2.24, 2.45) is 0 Å². The molecule has 2 heterocycles. The van der Waals surface area contributed by atoms with Crippen molar-refractivity contribution < 1.29 is 9.53 Å². The van der Waals surface area contributed by atoms with Crippen molar-refractivity contribution in [1.29, 1.82) is 0 Å². The Labute approximate surface area is 139 Å². The number of fused-ring (bicyclic) bond motifs is 1. The third-order valence-corrected chi connectivity index (χ3v) is 4.34. The standard InChI is InChI=1S/C19H17N3O2/c1-24-15-9-7-13(8-10-15)16-11-18(23)21-19-17(16)12-20-22(19)14-5-3-2-4-6-14/h2-10,12,16H,11H2,1H3,(H,21,23)/t16-/m0/s1. The molecule has 0 unspecified atom stereocenters. The van der Waals surface area contributed by atoms with Crippen LogP contribution in [-0.4, -0.2) is 22.8 Å². The molecule has 0 bridgehead atoms. The zero-order valence-corrected chi connectivity index (χ0v) is 13.3. The lowest BCUT2D eigenvalue weighted by molar-refractivity contribution is -0.116. The van der Waals surface area contributed by atoms with E-state index in [9.17, 15) is 4.79 Å². The molecule has 1 aliphatic heterocycles. The van der Waals surface area contributed by atoms with Crippen LogP contribution in [0.4, 0.5) is 5.82 Å². The summed E-state index contributed by atoms with van der Waals surface area (Å²) >= 11 is 0. The Morgan fingerprint density at radius 2 is 1.88 bits per heavy atom. The van der Waals surface area contributed by atoms with Crippen LogP contribution in [0.3, 0.4) is 0 Å². The van der Waals surface area contributed by atoms with Crippen molar-refractivity contribution in [1.82, 2.24) is 9.78 Å². The molecule has 120 valence electrons. The van der Waals surface area contributed by atoms with E-state index in [-0.39, 0.29) is 11.8 Å². The number of para-hydroxylation sites is 1. The fourth-order valence-electron chi connectivity index (χ4n) is 3.12. The van der Waals surface area contributed by atoms with Gasteiger partial charge in [0.25, 0.3) is 0 Å².